The van der Waals surface area contributed by atoms with Crippen molar-refractivity contribution >= 4 is 11.8 Å². The fourth-order valence-electron chi connectivity index (χ4n) is 3.96. The van der Waals surface area contributed by atoms with E-state index in [1.807, 2.05) is 0 Å². The lowest BCUT2D eigenvalue weighted by Crippen LogP contribution is -2.44. The van der Waals surface area contributed by atoms with Crippen LogP contribution >= 0.6 is 0 Å². The van der Waals surface area contributed by atoms with Crippen LogP contribution in [0.25, 0.3) is 0 Å². The molecule has 7 nitrogen and oxygen atoms in total. The largest absolute Gasteiger partial charge is 0.573 e. The summed E-state index contributed by atoms with van der Waals surface area (Å²) < 4.78 is 47.1. The first kappa shape index (κ1) is 22.4. The number of carbonyl (C=O) groups excluding carboxylic acids is 2. The van der Waals surface area contributed by atoms with Crippen molar-refractivity contribution in [3.63, 3.8) is 0 Å². The van der Waals surface area contributed by atoms with Gasteiger partial charge in [-0.15, -0.1) is 13.2 Å². The molecule has 0 saturated carbocycles. The van der Waals surface area contributed by atoms with Crippen LogP contribution in [0.2, 0.25) is 0 Å². The molecule has 2 aliphatic heterocycles. The summed E-state index contributed by atoms with van der Waals surface area (Å²) in [7, 11) is 1.59. The van der Waals surface area contributed by atoms with Crippen LogP contribution in [0.1, 0.15) is 23.2 Å². The zero-order valence-corrected chi connectivity index (χ0v) is 16.9. The zero-order valence-electron chi connectivity index (χ0n) is 16.9. The Labute approximate surface area is 173 Å². The van der Waals surface area contributed by atoms with E-state index in [1.54, 1.807) is 12.0 Å². The molecule has 0 spiro atoms. The molecule has 0 aliphatic carbocycles. The van der Waals surface area contributed by atoms with E-state index in [-0.39, 0.29) is 17.5 Å². The van der Waals surface area contributed by atoms with Crippen molar-refractivity contribution in [1.82, 2.24) is 14.7 Å². The van der Waals surface area contributed by atoms with Crippen molar-refractivity contribution in [3.05, 3.63) is 29.8 Å². The Morgan fingerprint density at radius 1 is 1.13 bits per heavy atom. The van der Waals surface area contributed by atoms with Crippen LogP contribution in [-0.4, -0.2) is 91.9 Å². The molecule has 0 aromatic heterocycles. The highest BCUT2D eigenvalue weighted by Gasteiger charge is 2.37. The molecule has 10 heteroatoms. The van der Waals surface area contributed by atoms with E-state index >= 15 is 0 Å². The van der Waals surface area contributed by atoms with Crippen LogP contribution in [0.15, 0.2) is 24.3 Å². The third kappa shape index (κ3) is 5.42. The third-order valence-electron chi connectivity index (χ3n) is 5.44. The number of rotatable bonds is 6. The lowest BCUT2D eigenvalue weighted by molar-refractivity contribution is -0.274. The van der Waals surface area contributed by atoms with E-state index in [9.17, 15) is 22.8 Å². The average molecular weight is 429 g/mol. The van der Waals surface area contributed by atoms with Gasteiger partial charge in [0.15, 0.2) is 0 Å². The summed E-state index contributed by atoms with van der Waals surface area (Å²) in [5, 5.41) is 0. The molecule has 2 fully saturated rings. The van der Waals surface area contributed by atoms with Gasteiger partial charge in [-0.2, -0.15) is 0 Å². The molecule has 2 saturated heterocycles. The molecule has 166 valence electrons. The minimum atomic E-state index is -4.87. The highest BCUT2D eigenvalue weighted by Crippen LogP contribution is 2.28. The van der Waals surface area contributed by atoms with Crippen LogP contribution in [-0.2, 0) is 9.53 Å². The standard InChI is InChI=1S/C20H26F3N3O4/c1-29-14-13-26-10-7-16(19(26)28)24-8-4-9-25(12-11-24)18(27)15-5-2-3-6-17(15)30-20(21,22)23/h2-3,5-6,16H,4,7-14H2,1H3. The van der Waals surface area contributed by atoms with E-state index in [0.29, 0.717) is 52.3 Å². The van der Waals surface area contributed by atoms with Gasteiger partial charge in [-0.1, -0.05) is 12.1 Å². The topological polar surface area (TPSA) is 62.3 Å². The number of nitrogens with zero attached hydrogens (tertiary/aromatic N) is 3. The minimum Gasteiger partial charge on any atom is -0.405 e. The predicted molar refractivity (Wildman–Crippen MR) is 102 cm³/mol. The number of amides is 2. The van der Waals surface area contributed by atoms with Crippen LogP contribution < -0.4 is 4.74 Å². The monoisotopic (exact) mass is 429 g/mol. The summed E-state index contributed by atoms with van der Waals surface area (Å²) in [6.45, 7) is 3.60. The normalized spacial score (nSPS) is 21.1. The van der Waals surface area contributed by atoms with Crippen LogP contribution in [0, 0.1) is 0 Å². The number of para-hydroxylation sites is 1. The number of likely N-dealkylation sites (tertiary alicyclic amines) is 1. The van der Waals surface area contributed by atoms with Gasteiger partial charge in [0, 0.05) is 46.4 Å². The summed E-state index contributed by atoms with van der Waals surface area (Å²) in [5.41, 5.74) is -0.119. The fraction of sp³-hybridized carbons (Fsp3) is 0.600. The highest BCUT2D eigenvalue weighted by atomic mass is 19.4. The van der Waals surface area contributed by atoms with Crippen molar-refractivity contribution in [3.8, 4) is 5.75 Å². The van der Waals surface area contributed by atoms with Gasteiger partial charge in [0.05, 0.1) is 18.2 Å². The summed E-state index contributed by atoms with van der Waals surface area (Å²) in [6, 6.07) is 5.14. The zero-order chi connectivity index (χ0) is 21.7. The molecule has 30 heavy (non-hydrogen) atoms. The number of methoxy groups -OCH3 is 1. The molecule has 0 radical (unpaired) electrons. The number of ether oxygens (including phenoxy) is 2. The molecule has 3 rings (SSSR count). The van der Waals surface area contributed by atoms with Gasteiger partial charge in [-0.25, -0.2) is 0 Å². The Morgan fingerprint density at radius 3 is 2.63 bits per heavy atom. The van der Waals surface area contributed by atoms with Gasteiger partial charge in [-0.05, 0) is 25.0 Å². The second-order valence-corrected chi connectivity index (χ2v) is 7.35. The number of halogens is 3. The van der Waals surface area contributed by atoms with E-state index < -0.39 is 18.0 Å². The average Bonchev–Trinajstić information content (AvgIpc) is 2.90. The second-order valence-electron chi connectivity index (χ2n) is 7.35. The Hall–Kier alpha value is -2.33. The Bertz CT molecular complexity index is 759. The maximum Gasteiger partial charge on any atom is 0.573 e. The number of carbonyl (C=O) groups is 2. The highest BCUT2D eigenvalue weighted by molar-refractivity contribution is 5.97. The fourth-order valence-corrected chi connectivity index (χ4v) is 3.96. The molecule has 2 amide bonds. The number of alkyl halides is 3. The van der Waals surface area contributed by atoms with Crippen molar-refractivity contribution in [1.29, 1.82) is 0 Å². The van der Waals surface area contributed by atoms with Gasteiger partial charge >= 0.3 is 6.36 Å². The first-order valence-electron chi connectivity index (χ1n) is 9.96. The maximum atomic E-state index is 12.9. The van der Waals surface area contributed by atoms with E-state index in [4.69, 9.17) is 4.74 Å². The van der Waals surface area contributed by atoms with Gasteiger partial charge in [0.25, 0.3) is 5.91 Å². The lowest BCUT2D eigenvalue weighted by atomic mass is 10.1. The van der Waals surface area contributed by atoms with Crippen molar-refractivity contribution < 1.29 is 32.2 Å². The molecular formula is C20H26F3N3O4. The summed E-state index contributed by atoms with van der Waals surface area (Å²) in [6.07, 6.45) is -3.52. The summed E-state index contributed by atoms with van der Waals surface area (Å²) in [4.78, 5) is 30.9. The van der Waals surface area contributed by atoms with Gasteiger partial charge < -0.3 is 19.3 Å². The van der Waals surface area contributed by atoms with Crippen LogP contribution in [0.4, 0.5) is 13.2 Å². The maximum absolute atomic E-state index is 12.9. The first-order valence-corrected chi connectivity index (χ1v) is 9.96. The molecule has 1 aromatic carbocycles. The number of benzene rings is 1. The van der Waals surface area contributed by atoms with E-state index in [1.165, 1.54) is 23.1 Å². The number of hydrogen-bond acceptors (Lipinski definition) is 5. The van der Waals surface area contributed by atoms with E-state index in [2.05, 4.69) is 9.64 Å². The minimum absolute atomic E-state index is 0.0655. The summed E-state index contributed by atoms with van der Waals surface area (Å²) in [5.74, 6) is -0.942. The molecule has 2 aliphatic rings. The van der Waals surface area contributed by atoms with Gasteiger partial charge in [0.2, 0.25) is 5.91 Å². The smallest absolute Gasteiger partial charge is 0.405 e. The molecule has 2 heterocycles. The molecule has 1 atom stereocenters. The molecular weight excluding hydrogens is 403 g/mol. The molecule has 1 aromatic rings. The Kier molecular flexibility index (Phi) is 7.19. The SMILES string of the molecule is COCCN1CCC(N2CCCN(C(=O)c3ccccc3OC(F)(F)F)CC2)C1=O. The third-order valence-corrected chi connectivity index (χ3v) is 5.44. The molecule has 0 N–H and O–H groups in total. The van der Waals surface area contributed by atoms with Crippen LogP contribution in [0.5, 0.6) is 5.75 Å². The summed E-state index contributed by atoms with van der Waals surface area (Å²) >= 11 is 0. The van der Waals surface area contributed by atoms with Crippen LogP contribution in [0.3, 0.4) is 0 Å². The van der Waals surface area contributed by atoms with Gasteiger partial charge in [0.1, 0.15) is 5.75 Å². The predicted octanol–water partition coefficient (Wildman–Crippen LogP) is 1.98. The Balaban J connectivity index is 1.63. The molecule has 1 unspecified atom stereocenters. The van der Waals surface area contributed by atoms with Crippen molar-refractivity contribution in [2.75, 3.05) is 53.0 Å². The van der Waals surface area contributed by atoms with Crippen molar-refractivity contribution in [2.45, 2.75) is 25.2 Å². The van der Waals surface area contributed by atoms with Gasteiger partial charge in [-0.3, -0.25) is 14.5 Å². The molecule has 0 bridgehead atoms. The quantitative estimate of drug-likeness (QED) is 0.692. The Morgan fingerprint density at radius 2 is 1.90 bits per heavy atom. The van der Waals surface area contributed by atoms with Crippen molar-refractivity contribution in [2.24, 2.45) is 0 Å². The number of hydrogen-bond donors (Lipinski definition) is 0. The lowest BCUT2D eigenvalue weighted by Gasteiger charge is -2.27. The van der Waals surface area contributed by atoms with E-state index in [0.717, 1.165) is 12.5 Å². The first-order chi connectivity index (χ1) is 14.3. The second kappa shape index (κ2) is 9.65.